The monoisotopic (exact) mass is 615 g/mol. The molecule has 0 amide bonds. The van der Waals surface area contributed by atoms with Gasteiger partial charge in [0.1, 0.15) is 18.2 Å². The third kappa shape index (κ3) is 6.69. The number of halogens is 1. The van der Waals surface area contributed by atoms with Crippen LogP contribution in [0.15, 0.2) is 97.1 Å². The van der Waals surface area contributed by atoms with E-state index >= 15 is 0 Å². The minimum Gasteiger partial charge on any atom is -0.488 e. The van der Waals surface area contributed by atoms with Gasteiger partial charge in [0.2, 0.25) is 0 Å². The van der Waals surface area contributed by atoms with Gasteiger partial charge in [-0.25, -0.2) is 9.18 Å². The number of nitrogens with zero attached hydrogens (tertiary/aromatic N) is 1. The number of carbonyl (C=O) groups excluding carboxylic acids is 1. The van der Waals surface area contributed by atoms with Crippen molar-refractivity contribution in [2.75, 3.05) is 20.0 Å². The first-order chi connectivity index (χ1) is 21.0. The summed E-state index contributed by atoms with van der Waals surface area (Å²) < 4.78 is 56.4. The molecule has 0 radical (unpaired) electrons. The van der Waals surface area contributed by atoms with Gasteiger partial charge in [0.05, 0.1) is 36.4 Å². The van der Waals surface area contributed by atoms with Gasteiger partial charge >= 0.3 is 5.97 Å². The van der Waals surface area contributed by atoms with Gasteiger partial charge in [-0.3, -0.25) is 4.18 Å². The third-order valence-corrected chi connectivity index (χ3v) is 8.13. The second kappa shape index (κ2) is 12.6. The maximum atomic E-state index is 14.1. The molecule has 5 rings (SSSR count). The molecule has 0 fully saturated rings. The van der Waals surface area contributed by atoms with Gasteiger partial charge in [-0.15, -0.1) is 0 Å². The molecule has 1 heterocycles. The van der Waals surface area contributed by atoms with E-state index in [4.69, 9.17) is 13.7 Å². The fraction of sp³-hybridized carbons (Fsp3) is 0.229. The normalized spacial score (nSPS) is 11.9. The van der Waals surface area contributed by atoms with Crippen molar-refractivity contribution in [2.24, 2.45) is 0 Å². The van der Waals surface area contributed by atoms with Crippen molar-refractivity contribution in [1.29, 1.82) is 0 Å². The summed E-state index contributed by atoms with van der Waals surface area (Å²) in [5.74, 6) is -0.169. The van der Waals surface area contributed by atoms with Crippen LogP contribution in [0.4, 0.5) is 4.39 Å². The first kappa shape index (κ1) is 31.0. The Kier molecular flexibility index (Phi) is 8.90. The number of benzene rings is 4. The van der Waals surface area contributed by atoms with E-state index in [0.717, 1.165) is 45.2 Å². The Balaban J connectivity index is 1.79. The second-order valence-electron chi connectivity index (χ2n) is 11.2. The van der Waals surface area contributed by atoms with Gasteiger partial charge in [0, 0.05) is 22.4 Å². The average molecular weight is 616 g/mol. The van der Waals surface area contributed by atoms with Crippen molar-refractivity contribution >= 4 is 27.0 Å². The smallest absolute Gasteiger partial charge is 0.337 e. The zero-order valence-electron chi connectivity index (χ0n) is 25.0. The number of aromatic nitrogens is 1. The Labute approximate surface area is 256 Å². The standard InChI is InChI=1S/C35H34FNO6S/c1-35(2,21-22-43-44(4,39)40)33-31(25-13-15-26(16-14-25)34(38)41-3)32-29(37(33)28-19-17-27(36)18-20-28)11-8-12-30(32)42-23-24-9-6-5-7-10-24/h5-20H,21-23H2,1-4H3. The zero-order chi connectivity index (χ0) is 31.5. The van der Waals surface area contributed by atoms with Crippen molar-refractivity contribution in [3.05, 3.63) is 120 Å². The highest BCUT2D eigenvalue weighted by atomic mass is 32.2. The fourth-order valence-electron chi connectivity index (χ4n) is 5.40. The first-order valence-corrected chi connectivity index (χ1v) is 15.9. The molecule has 0 saturated carbocycles. The lowest BCUT2D eigenvalue weighted by molar-refractivity contribution is 0.0600. The number of hydrogen-bond acceptors (Lipinski definition) is 6. The highest BCUT2D eigenvalue weighted by Crippen LogP contribution is 2.47. The lowest BCUT2D eigenvalue weighted by Crippen LogP contribution is -2.25. The van der Waals surface area contributed by atoms with Crippen LogP contribution in [0, 0.1) is 5.82 Å². The zero-order valence-corrected chi connectivity index (χ0v) is 25.9. The Hall–Kier alpha value is -4.47. The Morgan fingerprint density at radius 3 is 2.20 bits per heavy atom. The summed E-state index contributed by atoms with van der Waals surface area (Å²) in [4.78, 5) is 12.2. The van der Waals surface area contributed by atoms with Crippen LogP contribution < -0.4 is 4.74 Å². The maximum absolute atomic E-state index is 14.1. The summed E-state index contributed by atoms with van der Waals surface area (Å²) in [7, 11) is -2.32. The number of carbonyl (C=O) groups is 1. The van der Waals surface area contributed by atoms with Crippen LogP contribution in [0.3, 0.4) is 0 Å². The Morgan fingerprint density at radius 2 is 1.57 bits per heavy atom. The number of fused-ring (bicyclic) bond motifs is 1. The number of hydrogen-bond donors (Lipinski definition) is 0. The van der Waals surface area contributed by atoms with Crippen LogP contribution in [0.5, 0.6) is 5.75 Å². The van der Waals surface area contributed by atoms with E-state index in [2.05, 4.69) is 4.57 Å². The topological polar surface area (TPSA) is 83.8 Å². The molecule has 228 valence electrons. The third-order valence-electron chi connectivity index (χ3n) is 7.54. The van der Waals surface area contributed by atoms with Gasteiger partial charge in [-0.2, -0.15) is 8.42 Å². The first-order valence-electron chi connectivity index (χ1n) is 14.1. The fourth-order valence-corrected chi connectivity index (χ4v) is 5.79. The minimum atomic E-state index is -3.65. The van der Waals surface area contributed by atoms with E-state index < -0.39 is 21.5 Å². The molecule has 0 aliphatic rings. The largest absolute Gasteiger partial charge is 0.488 e. The number of methoxy groups -OCH3 is 1. The molecule has 7 nitrogen and oxygen atoms in total. The van der Waals surface area contributed by atoms with E-state index in [9.17, 15) is 17.6 Å². The van der Waals surface area contributed by atoms with Gasteiger partial charge in [0.15, 0.2) is 0 Å². The molecule has 1 aromatic heterocycles. The van der Waals surface area contributed by atoms with Gasteiger partial charge in [0.25, 0.3) is 10.1 Å². The molecule has 0 aliphatic heterocycles. The van der Waals surface area contributed by atoms with Crippen LogP contribution in [0.1, 0.15) is 41.9 Å². The molecule has 0 saturated heterocycles. The maximum Gasteiger partial charge on any atom is 0.337 e. The predicted molar refractivity (Wildman–Crippen MR) is 169 cm³/mol. The van der Waals surface area contributed by atoms with Gasteiger partial charge in [-0.05, 0) is 66.1 Å². The summed E-state index contributed by atoms with van der Waals surface area (Å²) >= 11 is 0. The average Bonchev–Trinajstić information content (AvgIpc) is 3.37. The highest BCUT2D eigenvalue weighted by Gasteiger charge is 2.33. The van der Waals surface area contributed by atoms with Gasteiger partial charge in [-0.1, -0.05) is 62.4 Å². The van der Waals surface area contributed by atoms with Crippen molar-refractivity contribution in [1.82, 2.24) is 4.57 Å². The van der Waals surface area contributed by atoms with Crippen molar-refractivity contribution in [3.8, 4) is 22.6 Å². The SMILES string of the molecule is COC(=O)c1ccc(-c2c(C(C)(C)CCOS(C)(=O)=O)n(-c3ccc(F)cc3)c3cccc(OCc4ccccc4)c23)cc1. The van der Waals surface area contributed by atoms with E-state index in [-0.39, 0.29) is 12.4 Å². The molecule has 0 spiro atoms. The lowest BCUT2D eigenvalue weighted by Gasteiger charge is -2.29. The molecular formula is C35H34FNO6S. The van der Waals surface area contributed by atoms with Crippen LogP contribution in [0.2, 0.25) is 0 Å². The minimum absolute atomic E-state index is 0.0329. The molecule has 0 unspecified atom stereocenters. The molecule has 44 heavy (non-hydrogen) atoms. The predicted octanol–water partition coefficient (Wildman–Crippen LogP) is 7.45. The molecule has 0 bridgehead atoms. The van der Waals surface area contributed by atoms with Crippen LogP contribution >= 0.6 is 0 Å². The molecule has 5 aromatic rings. The Morgan fingerprint density at radius 1 is 0.886 bits per heavy atom. The summed E-state index contributed by atoms with van der Waals surface area (Å²) in [6, 6.07) is 29.0. The lowest BCUT2D eigenvalue weighted by atomic mass is 9.81. The van der Waals surface area contributed by atoms with E-state index in [1.807, 2.05) is 74.5 Å². The van der Waals surface area contributed by atoms with Gasteiger partial charge < -0.3 is 14.0 Å². The molecule has 4 aromatic carbocycles. The van der Waals surface area contributed by atoms with Crippen LogP contribution in [-0.2, 0) is 31.1 Å². The van der Waals surface area contributed by atoms with Crippen molar-refractivity contribution in [3.63, 3.8) is 0 Å². The Bertz CT molecular complexity index is 1880. The number of ether oxygens (including phenoxy) is 2. The second-order valence-corrected chi connectivity index (χ2v) is 12.8. The van der Waals surface area contributed by atoms with Crippen molar-refractivity contribution < 1.29 is 31.3 Å². The quantitative estimate of drug-likeness (QED) is 0.113. The summed E-state index contributed by atoms with van der Waals surface area (Å²) in [6.07, 6.45) is 1.38. The molecule has 0 atom stereocenters. The molecular weight excluding hydrogens is 581 g/mol. The summed E-state index contributed by atoms with van der Waals surface area (Å²) in [5.41, 5.74) is 4.79. The molecule has 9 heteroatoms. The highest BCUT2D eigenvalue weighted by molar-refractivity contribution is 7.85. The molecule has 0 aliphatic carbocycles. The molecule has 0 N–H and O–H groups in total. The van der Waals surface area contributed by atoms with Crippen molar-refractivity contribution in [2.45, 2.75) is 32.3 Å². The number of esters is 1. The summed E-state index contributed by atoms with van der Waals surface area (Å²) in [5, 5.41) is 0.825. The number of rotatable bonds is 11. The van der Waals surface area contributed by atoms with E-state index in [0.29, 0.717) is 24.3 Å². The van der Waals surface area contributed by atoms with E-state index in [1.54, 1.807) is 24.3 Å². The van der Waals surface area contributed by atoms with E-state index in [1.165, 1.54) is 19.2 Å². The van der Waals surface area contributed by atoms with Crippen LogP contribution in [0.25, 0.3) is 27.7 Å². The summed E-state index contributed by atoms with van der Waals surface area (Å²) in [6.45, 7) is 4.34. The van der Waals surface area contributed by atoms with Crippen LogP contribution in [-0.4, -0.2) is 38.9 Å².